The average molecular weight is 488 g/mol. The number of anilines is 1. The molecule has 2 aromatic carbocycles. The number of allylic oxidation sites excluding steroid dienone is 1. The van der Waals surface area contributed by atoms with Crippen LogP contribution < -0.4 is 14.4 Å². The molecule has 4 rings (SSSR count). The molecule has 0 spiro atoms. The summed E-state index contributed by atoms with van der Waals surface area (Å²) < 4.78 is 16.0. The number of carbonyl (C=O) groups excluding carboxylic acids is 1. The second kappa shape index (κ2) is 11.6. The minimum atomic E-state index is -0.325. The lowest BCUT2D eigenvalue weighted by Gasteiger charge is -2.39. The van der Waals surface area contributed by atoms with Crippen molar-refractivity contribution in [3.8, 4) is 22.8 Å². The Bertz CT molecular complexity index is 1190. The topological polar surface area (TPSA) is 64.1 Å². The summed E-state index contributed by atoms with van der Waals surface area (Å²) in [4.78, 5) is 21.1. The van der Waals surface area contributed by atoms with Crippen LogP contribution in [0, 0.1) is 0 Å². The van der Waals surface area contributed by atoms with Crippen LogP contribution in [0.2, 0.25) is 0 Å². The maximum absolute atomic E-state index is 12.3. The van der Waals surface area contributed by atoms with Gasteiger partial charge in [0.05, 0.1) is 25.7 Å². The van der Waals surface area contributed by atoms with E-state index in [-0.39, 0.29) is 12.1 Å². The fourth-order valence-corrected chi connectivity index (χ4v) is 4.49. The number of carbonyl (C=O) groups is 1. The van der Waals surface area contributed by atoms with E-state index in [1.165, 1.54) is 0 Å². The van der Waals surface area contributed by atoms with Crippen LogP contribution in [0.4, 0.5) is 10.5 Å². The van der Waals surface area contributed by atoms with Gasteiger partial charge < -0.3 is 24.0 Å². The van der Waals surface area contributed by atoms with Gasteiger partial charge in [-0.3, -0.25) is 4.98 Å². The van der Waals surface area contributed by atoms with E-state index in [2.05, 4.69) is 40.7 Å². The molecule has 0 unspecified atom stereocenters. The van der Waals surface area contributed by atoms with E-state index in [0.717, 1.165) is 46.8 Å². The SMILES string of the molecule is C=C(C)OC(=O)N1CCC(N(Cc2ccnc(-c3cccc(OC)c3)c2)c2ccc(OC)cc2)CC1. The van der Waals surface area contributed by atoms with Gasteiger partial charge in [-0.1, -0.05) is 18.7 Å². The predicted molar refractivity (Wildman–Crippen MR) is 141 cm³/mol. The number of likely N-dealkylation sites (tertiary alicyclic amines) is 1. The molecule has 3 aromatic rings. The van der Waals surface area contributed by atoms with Crippen molar-refractivity contribution in [2.24, 2.45) is 0 Å². The van der Waals surface area contributed by atoms with E-state index in [1.54, 1.807) is 26.0 Å². The lowest BCUT2D eigenvalue weighted by atomic mass is 10.0. The Morgan fingerprint density at radius 1 is 1.03 bits per heavy atom. The zero-order chi connectivity index (χ0) is 25.5. The Hall–Kier alpha value is -4.00. The van der Waals surface area contributed by atoms with Gasteiger partial charge in [0.1, 0.15) is 11.5 Å². The third-order valence-electron chi connectivity index (χ3n) is 6.37. The minimum absolute atomic E-state index is 0.265. The molecule has 1 aromatic heterocycles. The summed E-state index contributed by atoms with van der Waals surface area (Å²) in [5.41, 5.74) is 4.18. The molecule has 0 bridgehead atoms. The molecule has 0 saturated carbocycles. The summed E-state index contributed by atoms with van der Waals surface area (Å²) in [5.74, 6) is 2.03. The standard InChI is InChI=1S/C29H33N3O4/c1-21(2)36-29(33)31-16-13-25(14-17-31)32(24-8-10-26(34-3)11-9-24)20-22-12-15-30-28(18-22)23-6-5-7-27(19-23)35-4/h5-12,15,18-19,25H,1,13-14,16-17,20H2,2-4H3. The number of rotatable bonds is 8. The largest absolute Gasteiger partial charge is 0.497 e. The minimum Gasteiger partial charge on any atom is -0.497 e. The lowest BCUT2D eigenvalue weighted by molar-refractivity contribution is 0.117. The van der Waals surface area contributed by atoms with Gasteiger partial charge in [0, 0.05) is 43.1 Å². The third-order valence-corrected chi connectivity index (χ3v) is 6.37. The van der Waals surface area contributed by atoms with Crippen LogP contribution in [-0.4, -0.2) is 49.3 Å². The molecule has 0 N–H and O–H groups in total. The highest BCUT2D eigenvalue weighted by Crippen LogP contribution is 2.29. The van der Waals surface area contributed by atoms with Gasteiger partial charge in [-0.05, 0) is 73.9 Å². The van der Waals surface area contributed by atoms with Crippen LogP contribution in [0.1, 0.15) is 25.3 Å². The van der Waals surface area contributed by atoms with Crippen LogP contribution in [0.5, 0.6) is 11.5 Å². The van der Waals surface area contributed by atoms with Crippen LogP contribution in [-0.2, 0) is 11.3 Å². The highest BCUT2D eigenvalue weighted by molar-refractivity contribution is 5.69. The maximum atomic E-state index is 12.3. The van der Waals surface area contributed by atoms with Crippen molar-refractivity contribution < 1.29 is 19.0 Å². The number of aromatic nitrogens is 1. The van der Waals surface area contributed by atoms with Crippen molar-refractivity contribution in [2.45, 2.75) is 32.4 Å². The van der Waals surface area contributed by atoms with E-state index < -0.39 is 0 Å². The Morgan fingerprint density at radius 2 is 1.75 bits per heavy atom. The highest BCUT2D eigenvalue weighted by atomic mass is 16.6. The molecule has 1 aliphatic rings. The molecule has 0 aliphatic carbocycles. The van der Waals surface area contributed by atoms with Crippen molar-refractivity contribution >= 4 is 11.8 Å². The van der Waals surface area contributed by atoms with Crippen LogP contribution >= 0.6 is 0 Å². The monoisotopic (exact) mass is 487 g/mol. The predicted octanol–water partition coefficient (Wildman–Crippen LogP) is 5.91. The zero-order valence-corrected chi connectivity index (χ0v) is 21.1. The second-order valence-corrected chi connectivity index (χ2v) is 8.90. The molecule has 7 heteroatoms. The summed E-state index contributed by atoms with van der Waals surface area (Å²) in [6, 6.07) is 20.5. The smallest absolute Gasteiger partial charge is 0.414 e. The number of piperidine rings is 1. The molecule has 36 heavy (non-hydrogen) atoms. The van der Waals surface area contributed by atoms with E-state index in [4.69, 9.17) is 14.2 Å². The molecule has 1 amide bonds. The fraction of sp³-hybridized carbons (Fsp3) is 0.310. The summed E-state index contributed by atoms with van der Waals surface area (Å²) in [6.45, 7) is 7.34. The Labute approximate surface area is 212 Å². The highest BCUT2D eigenvalue weighted by Gasteiger charge is 2.28. The summed E-state index contributed by atoms with van der Waals surface area (Å²) in [6.07, 6.45) is 3.21. The van der Waals surface area contributed by atoms with Gasteiger partial charge in [0.25, 0.3) is 0 Å². The first-order chi connectivity index (χ1) is 17.5. The van der Waals surface area contributed by atoms with E-state index >= 15 is 0 Å². The number of pyridine rings is 1. The first-order valence-electron chi connectivity index (χ1n) is 12.1. The molecule has 0 atom stereocenters. The molecular weight excluding hydrogens is 454 g/mol. The van der Waals surface area contributed by atoms with Crippen molar-refractivity contribution in [1.29, 1.82) is 0 Å². The van der Waals surface area contributed by atoms with Gasteiger partial charge in [-0.25, -0.2) is 4.79 Å². The Kier molecular flexibility index (Phi) is 8.10. The molecule has 188 valence electrons. The van der Waals surface area contributed by atoms with Crippen molar-refractivity contribution in [1.82, 2.24) is 9.88 Å². The van der Waals surface area contributed by atoms with Crippen LogP contribution in [0.25, 0.3) is 11.3 Å². The number of methoxy groups -OCH3 is 2. The van der Waals surface area contributed by atoms with Crippen LogP contribution in [0.15, 0.2) is 79.2 Å². The number of amides is 1. The van der Waals surface area contributed by atoms with Crippen molar-refractivity contribution in [3.63, 3.8) is 0 Å². The number of hydrogen-bond donors (Lipinski definition) is 0. The Balaban J connectivity index is 1.56. The van der Waals surface area contributed by atoms with Gasteiger partial charge in [-0.2, -0.15) is 0 Å². The first-order valence-corrected chi connectivity index (χ1v) is 12.1. The summed E-state index contributed by atoms with van der Waals surface area (Å²) >= 11 is 0. The molecule has 7 nitrogen and oxygen atoms in total. The quantitative estimate of drug-likeness (QED) is 0.368. The van der Waals surface area contributed by atoms with Gasteiger partial charge in [0.2, 0.25) is 0 Å². The van der Waals surface area contributed by atoms with E-state index in [0.29, 0.717) is 25.4 Å². The lowest BCUT2D eigenvalue weighted by Crippen LogP contribution is -2.46. The molecule has 1 saturated heterocycles. The van der Waals surface area contributed by atoms with Gasteiger partial charge in [-0.15, -0.1) is 0 Å². The summed E-state index contributed by atoms with van der Waals surface area (Å²) in [5, 5.41) is 0. The number of ether oxygens (including phenoxy) is 3. The van der Waals surface area contributed by atoms with E-state index in [1.807, 2.05) is 42.6 Å². The van der Waals surface area contributed by atoms with Gasteiger partial charge in [0.15, 0.2) is 0 Å². The second-order valence-electron chi connectivity index (χ2n) is 8.90. The van der Waals surface area contributed by atoms with Crippen molar-refractivity contribution in [2.75, 3.05) is 32.2 Å². The molecular formula is C29H33N3O4. The maximum Gasteiger partial charge on any atom is 0.414 e. The molecule has 1 aliphatic heterocycles. The Morgan fingerprint density at radius 3 is 2.42 bits per heavy atom. The fourth-order valence-electron chi connectivity index (χ4n) is 4.49. The first kappa shape index (κ1) is 25.1. The molecule has 0 radical (unpaired) electrons. The van der Waals surface area contributed by atoms with Crippen LogP contribution in [0.3, 0.4) is 0 Å². The summed E-state index contributed by atoms with van der Waals surface area (Å²) in [7, 11) is 3.34. The van der Waals surface area contributed by atoms with E-state index in [9.17, 15) is 4.79 Å². The molecule has 2 heterocycles. The average Bonchev–Trinajstić information content (AvgIpc) is 2.92. The van der Waals surface area contributed by atoms with Crippen molar-refractivity contribution in [3.05, 3.63) is 84.8 Å². The number of nitrogens with zero attached hydrogens (tertiary/aromatic N) is 3. The third kappa shape index (κ3) is 6.16. The normalized spacial score (nSPS) is 13.7. The number of hydrogen-bond acceptors (Lipinski definition) is 6. The zero-order valence-electron chi connectivity index (χ0n) is 21.1. The molecule has 1 fully saturated rings. The number of benzene rings is 2. The van der Waals surface area contributed by atoms with Gasteiger partial charge >= 0.3 is 6.09 Å².